The molecule has 3 rings (SSSR count). The summed E-state index contributed by atoms with van der Waals surface area (Å²) in [5.74, 6) is 0.223. The Morgan fingerprint density at radius 2 is 2.23 bits per heavy atom. The number of hydrogen-bond acceptors (Lipinski definition) is 5. The lowest BCUT2D eigenvalue weighted by atomic mass is 10.2. The number of amides is 1. The number of nitrogens with zero attached hydrogens (tertiary/aromatic N) is 4. The van der Waals surface area contributed by atoms with E-state index >= 15 is 0 Å². The van der Waals surface area contributed by atoms with Gasteiger partial charge in [0.15, 0.2) is 5.65 Å². The van der Waals surface area contributed by atoms with Crippen molar-refractivity contribution in [2.24, 2.45) is 7.05 Å². The highest BCUT2D eigenvalue weighted by Gasteiger charge is 2.10. The summed E-state index contributed by atoms with van der Waals surface area (Å²) in [6, 6.07) is 7.72. The van der Waals surface area contributed by atoms with Crippen LogP contribution < -0.4 is 5.32 Å². The molecule has 0 atom stereocenters. The number of rotatable bonds is 4. The van der Waals surface area contributed by atoms with Crippen LogP contribution in [0.15, 0.2) is 41.8 Å². The number of aromatic nitrogens is 4. The molecule has 0 saturated heterocycles. The summed E-state index contributed by atoms with van der Waals surface area (Å²) < 4.78 is 1.69. The van der Waals surface area contributed by atoms with Crippen LogP contribution in [0.3, 0.4) is 0 Å². The first kappa shape index (κ1) is 14.5. The standard InChI is InChI=1S/C15H15N5OS/c1-10-4-3-5-11(6-10)19-13(21)8-22-15-12-7-18-20(2)14(12)16-9-17-15/h3-7,9H,8H2,1-2H3,(H,19,21). The molecule has 2 aromatic heterocycles. The van der Waals surface area contributed by atoms with E-state index in [1.807, 2.05) is 38.2 Å². The van der Waals surface area contributed by atoms with E-state index in [1.165, 1.54) is 18.1 Å². The number of nitrogens with one attached hydrogen (secondary N) is 1. The van der Waals surface area contributed by atoms with E-state index in [0.29, 0.717) is 0 Å². The van der Waals surface area contributed by atoms with Gasteiger partial charge < -0.3 is 5.32 Å². The van der Waals surface area contributed by atoms with Crippen molar-refractivity contribution < 1.29 is 4.79 Å². The lowest BCUT2D eigenvalue weighted by Gasteiger charge is -2.06. The largest absolute Gasteiger partial charge is 0.325 e. The third-order valence-electron chi connectivity index (χ3n) is 3.13. The minimum Gasteiger partial charge on any atom is -0.325 e. The van der Waals surface area contributed by atoms with E-state index in [-0.39, 0.29) is 11.7 Å². The minimum absolute atomic E-state index is 0.0637. The van der Waals surface area contributed by atoms with Gasteiger partial charge in [0.2, 0.25) is 5.91 Å². The molecule has 1 amide bonds. The van der Waals surface area contributed by atoms with Crippen LogP contribution in [0.4, 0.5) is 5.69 Å². The second-order valence-corrected chi connectivity index (χ2v) is 5.85. The van der Waals surface area contributed by atoms with E-state index in [0.717, 1.165) is 27.3 Å². The van der Waals surface area contributed by atoms with Crippen molar-refractivity contribution in [3.05, 3.63) is 42.4 Å². The summed E-state index contributed by atoms with van der Waals surface area (Å²) in [5, 5.41) is 8.66. The summed E-state index contributed by atoms with van der Waals surface area (Å²) >= 11 is 1.38. The fourth-order valence-corrected chi connectivity index (χ4v) is 2.87. The molecule has 0 unspecified atom stereocenters. The van der Waals surface area contributed by atoms with Crippen molar-refractivity contribution in [1.82, 2.24) is 19.7 Å². The molecule has 0 spiro atoms. The molecule has 0 aliphatic carbocycles. The Labute approximate surface area is 132 Å². The fraction of sp³-hybridized carbons (Fsp3) is 0.200. The molecule has 1 aromatic carbocycles. The van der Waals surface area contributed by atoms with E-state index in [4.69, 9.17) is 0 Å². The molecule has 0 aliphatic rings. The van der Waals surface area contributed by atoms with E-state index in [2.05, 4.69) is 20.4 Å². The predicted molar refractivity (Wildman–Crippen MR) is 86.8 cm³/mol. The van der Waals surface area contributed by atoms with Gasteiger partial charge in [-0.2, -0.15) is 5.10 Å². The monoisotopic (exact) mass is 313 g/mol. The van der Waals surface area contributed by atoms with Crippen LogP contribution in [0.2, 0.25) is 0 Å². The summed E-state index contributed by atoms with van der Waals surface area (Å²) in [6.45, 7) is 1.99. The Balaban J connectivity index is 1.67. The molecule has 22 heavy (non-hydrogen) atoms. The van der Waals surface area contributed by atoms with Crippen LogP contribution in [-0.2, 0) is 11.8 Å². The van der Waals surface area contributed by atoms with Crippen molar-refractivity contribution in [3.8, 4) is 0 Å². The second kappa shape index (κ2) is 6.15. The molecule has 1 N–H and O–H groups in total. The molecule has 0 fully saturated rings. The Hall–Kier alpha value is -2.41. The Kier molecular flexibility index (Phi) is 4.06. The Morgan fingerprint density at radius 3 is 3.05 bits per heavy atom. The van der Waals surface area contributed by atoms with Gasteiger partial charge in [-0.3, -0.25) is 9.48 Å². The zero-order chi connectivity index (χ0) is 15.5. The molecular weight excluding hydrogens is 298 g/mol. The zero-order valence-electron chi connectivity index (χ0n) is 12.3. The van der Waals surface area contributed by atoms with Crippen LogP contribution >= 0.6 is 11.8 Å². The van der Waals surface area contributed by atoms with Crippen molar-refractivity contribution in [2.75, 3.05) is 11.1 Å². The van der Waals surface area contributed by atoms with Gasteiger partial charge in [-0.15, -0.1) is 0 Å². The van der Waals surface area contributed by atoms with E-state index in [1.54, 1.807) is 10.9 Å². The van der Waals surface area contributed by atoms with Crippen molar-refractivity contribution in [2.45, 2.75) is 11.9 Å². The number of carbonyl (C=O) groups is 1. The third kappa shape index (κ3) is 3.09. The minimum atomic E-state index is -0.0637. The number of aryl methyl sites for hydroxylation is 2. The highest BCUT2D eigenvalue weighted by molar-refractivity contribution is 8.00. The molecule has 2 heterocycles. The third-order valence-corrected chi connectivity index (χ3v) is 4.14. The number of fused-ring (bicyclic) bond motifs is 1. The summed E-state index contributed by atoms with van der Waals surface area (Å²) in [6.07, 6.45) is 3.21. The SMILES string of the molecule is Cc1cccc(NC(=O)CSc2ncnc3c2cnn3C)c1. The number of anilines is 1. The number of carbonyl (C=O) groups excluding carboxylic acids is 1. The number of hydrogen-bond donors (Lipinski definition) is 1. The van der Waals surface area contributed by atoms with Gasteiger partial charge in [0.1, 0.15) is 11.4 Å². The number of benzene rings is 1. The molecule has 0 radical (unpaired) electrons. The van der Waals surface area contributed by atoms with Crippen LogP contribution in [0, 0.1) is 6.92 Å². The molecule has 3 aromatic rings. The topological polar surface area (TPSA) is 72.7 Å². The molecule has 112 valence electrons. The molecule has 6 nitrogen and oxygen atoms in total. The van der Waals surface area contributed by atoms with Crippen molar-refractivity contribution >= 4 is 34.4 Å². The van der Waals surface area contributed by atoms with Crippen LogP contribution in [0.25, 0.3) is 11.0 Å². The molecule has 0 saturated carbocycles. The van der Waals surface area contributed by atoms with Gasteiger partial charge in [-0.1, -0.05) is 23.9 Å². The smallest absolute Gasteiger partial charge is 0.234 e. The highest BCUT2D eigenvalue weighted by Crippen LogP contribution is 2.23. The maximum Gasteiger partial charge on any atom is 0.234 e. The molecule has 0 bridgehead atoms. The average Bonchev–Trinajstić information content (AvgIpc) is 2.87. The van der Waals surface area contributed by atoms with Crippen molar-refractivity contribution in [1.29, 1.82) is 0 Å². The van der Waals surface area contributed by atoms with Gasteiger partial charge in [0.05, 0.1) is 17.3 Å². The van der Waals surface area contributed by atoms with Crippen molar-refractivity contribution in [3.63, 3.8) is 0 Å². The summed E-state index contributed by atoms with van der Waals surface area (Å²) in [7, 11) is 1.83. The predicted octanol–water partition coefficient (Wildman–Crippen LogP) is 2.40. The summed E-state index contributed by atoms with van der Waals surface area (Å²) in [5.41, 5.74) is 2.68. The first-order valence-electron chi connectivity index (χ1n) is 6.75. The highest BCUT2D eigenvalue weighted by atomic mass is 32.2. The molecular formula is C15H15N5OS. The normalized spacial score (nSPS) is 10.8. The van der Waals surface area contributed by atoms with Crippen LogP contribution in [0.5, 0.6) is 0 Å². The van der Waals surface area contributed by atoms with Gasteiger partial charge >= 0.3 is 0 Å². The average molecular weight is 313 g/mol. The van der Waals surface area contributed by atoms with Gasteiger partial charge in [0.25, 0.3) is 0 Å². The first-order valence-corrected chi connectivity index (χ1v) is 7.74. The van der Waals surface area contributed by atoms with E-state index < -0.39 is 0 Å². The van der Waals surface area contributed by atoms with Gasteiger partial charge in [-0.05, 0) is 24.6 Å². The fourth-order valence-electron chi connectivity index (χ4n) is 2.11. The maximum absolute atomic E-state index is 12.0. The van der Waals surface area contributed by atoms with E-state index in [9.17, 15) is 4.79 Å². The first-order chi connectivity index (χ1) is 10.6. The lowest BCUT2D eigenvalue weighted by molar-refractivity contribution is -0.113. The summed E-state index contributed by atoms with van der Waals surface area (Å²) in [4.78, 5) is 20.5. The maximum atomic E-state index is 12.0. The Bertz CT molecular complexity index is 830. The Morgan fingerprint density at radius 1 is 1.36 bits per heavy atom. The zero-order valence-corrected chi connectivity index (χ0v) is 13.1. The van der Waals surface area contributed by atoms with Crippen LogP contribution in [0.1, 0.15) is 5.56 Å². The van der Waals surface area contributed by atoms with Crippen LogP contribution in [-0.4, -0.2) is 31.4 Å². The molecule has 7 heteroatoms. The lowest BCUT2D eigenvalue weighted by Crippen LogP contribution is -2.14. The quantitative estimate of drug-likeness (QED) is 0.591. The van der Waals surface area contributed by atoms with Gasteiger partial charge in [0, 0.05) is 12.7 Å². The molecule has 0 aliphatic heterocycles. The second-order valence-electron chi connectivity index (χ2n) is 4.89. The number of thioether (sulfide) groups is 1. The van der Waals surface area contributed by atoms with Gasteiger partial charge in [-0.25, -0.2) is 9.97 Å².